The maximum absolute atomic E-state index is 12.5. The fourth-order valence-electron chi connectivity index (χ4n) is 2.84. The monoisotopic (exact) mass is 354 g/mol. The van der Waals surface area contributed by atoms with Gasteiger partial charge in [-0.25, -0.2) is 14.8 Å². The van der Waals surface area contributed by atoms with Crippen LogP contribution in [0.4, 0.5) is 5.95 Å². The lowest BCUT2D eigenvalue weighted by Gasteiger charge is -2.15. The topological polar surface area (TPSA) is 68.2 Å². The molecule has 0 bridgehead atoms. The Morgan fingerprint density at radius 1 is 1.16 bits per heavy atom. The summed E-state index contributed by atoms with van der Waals surface area (Å²) in [6.07, 6.45) is 5.32. The van der Waals surface area contributed by atoms with Gasteiger partial charge in [0, 0.05) is 30.7 Å². The van der Waals surface area contributed by atoms with E-state index >= 15 is 0 Å². The molecule has 3 aromatic rings. The highest BCUT2D eigenvalue weighted by Crippen LogP contribution is 2.23. The Labute approximate surface area is 149 Å². The molecule has 0 N–H and O–H groups in total. The molecule has 25 heavy (non-hydrogen) atoms. The number of carbonyl (C=O) groups is 1. The molecule has 6 nitrogen and oxygen atoms in total. The molecular formula is C18H15ClN4O2. The zero-order valence-corrected chi connectivity index (χ0v) is 14.1. The van der Waals surface area contributed by atoms with E-state index in [4.69, 9.17) is 16.3 Å². The van der Waals surface area contributed by atoms with Crippen molar-refractivity contribution in [2.24, 2.45) is 0 Å². The molecule has 1 aromatic carbocycles. The minimum absolute atomic E-state index is 0.0692. The molecule has 0 spiro atoms. The van der Waals surface area contributed by atoms with Gasteiger partial charge in [-0.15, -0.1) is 0 Å². The van der Waals surface area contributed by atoms with Crippen LogP contribution in [0.2, 0.25) is 5.02 Å². The molecule has 3 heterocycles. The number of halogens is 1. The molecular weight excluding hydrogens is 340 g/mol. The van der Waals surface area contributed by atoms with Crippen LogP contribution in [0.25, 0.3) is 10.9 Å². The first-order valence-corrected chi connectivity index (χ1v) is 8.43. The second-order valence-electron chi connectivity index (χ2n) is 5.81. The number of carbonyl (C=O) groups excluding carboxylic acids is 1. The van der Waals surface area contributed by atoms with Crippen LogP contribution in [0.5, 0.6) is 5.75 Å². The SMILES string of the molecule is O=C(Oc1ccc2cccnc2c1)c1nc(N2CCCC2)ncc1Cl. The highest BCUT2D eigenvalue weighted by Gasteiger charge is 2.21. The second kappa shape index (κ2) is 6.64. The summed E-state index contributed by atoms with van der Waals surface area (Å²) < 4.78 is 5.43. The number of benzene rings is 1. The van der Waals surface area contributed by atoms with Crippen molar-refractivity contribution in [3.05, 3.63) is 53.4 Å². The molecule has 126 valence electrons. The van der Waals surface area contributed by atoms with Gasteiger partial charge in [-0.2, -0.15) is 0 Å². The lowest BCUT2D eigenvalue weighted by atomic mass is 10.2. The number of aromatic nitrogens is 3. The van der Waals surface area contributed by atoms with E-state index in [0.717, 1.165) is 36.8 Å². The number of hydrogen-bond donors (Lipinski definition) is 0. The zero-order chi connectivity index (χ0) is 17.2. The Bertz CT molecular complexity index is 941. The van der Waals surface area contributed by atoms with Gasteiger partial charge >= 0.3 is 5.97 Å². The summed E-state index contributed by atoms with van der Waals surface area (Å²) in [7, 11) is 0. The lowest BCUT2D eigenvalue weighted by Crippen LogP contribution is -2.22. The molecule has 4 rings (SSSR count). The first-order chi connectivity index (χ1) is 12.2. The van der Waals surface area contributed by atoms with Crippen molar-refractivity contribution in [2.45, 2.75) is 12.8 Å². The predicted octanol–water partition coefficient (Wildman–Crippen LogP) is 3.50. The number of nitrogens with zero attached hydrogens (tertiary/aromatic N) is 4. The maximum Gasteiger partial charge on any atom is 0.364 e. The van der Waals surface area contributed by atoms with E-state index in [1.807, 2.05) is 23.1 Å². The van der Waals surface area contributed by atoms with Gasteiger partial charge in [0.05, 0.1) is 16.7 Å². The number of rotatable bonds is 3. The van der Waals surface area contributed by atoms with Gasteiger partial charge in [-0.05, 0) is 31.0 Å². The molecule has 2 aromatic heterocycles. The summed E-state index contributed by atoms with van der Waals surface area (Å²) in [5.74, 6) is 0.297. The Kier molecular flexibility index (Phi) is 4.19. The fraction of sp³-hybridized carbons (Fsp3) is 0.222. The number of anilines is 1. The van der Waals surface area contributed by atoms with E-state index in [2.05, 4.69) is 15.0 Å². The van der Waals surface area contributed by atoms with Crippen LogP contribution in [0.15, 0.2) is 42.7 Å². The fourth-order valence-corrected chi connectivity index (χ4v) is 3.00. The molecule has 7 heteroatoms. The molecule has 0 atom stereocenters. The van der Waals surface area contributed by atoms with Crippen molar-refractivity contribution in [3.63, 3.8) is 0 Å². The Morgan fingerprint density at radius 3 is 2.84 bits per heavy atom. The minimum atomic E-state index is -0.608. The smallest absolute Gasteiger partial charge is 0.364 e. The van der Waals surface area contributed by atoms with Gasteiger partial charge < -0.3 is 9.64 Å². The van der Waals surface area contributed by atoms with Crippen LogP contribution in [0, 0.1) is 0 Å². The minimum Gasteiger partial charge on any atom is -0.422 e. The average molecular weight is 355 g/mol. The third kappa shape index (κ3) is 3.25. The van der Waals surface area contributed by atoms with Crippen molar-refractivity contribution in [1.82, 2.24) is 15.0 Å². The lowest BCUT2D eigenvalue weighted by molar-refractivity contribution is 0.0729. The summed E-state index contributed by atoms with van der Waals surface area (Å²) in [6, 6.07) is 9.08. The Balaban J connectivity index is 1.60. The first kappa shape index (κ1) is 15.8. The summed E-state index contributed by atoms with van der Waals surface area (Å²) in [5.41, 5.74) is 0.819. The van der Waals surface area contributed by atoms with Crippen LogP contribution in [0.1, 0.15) is 23.3 Å². The van der Waals surface area contributed by atoms with Gasteiger partial charge in [0.2, 0.25) is 5.95 Å². The molecule has 1 saturated heterocycles. The number of esters is 1. The second-order valence-corrected chi connectivity index (χ2v) is 6.22. The molecule has 0 unspecified atom stereocenters. The van der Waals surface area contributed by atoms with E-state index in [-0.39, 0.29) is 10.7 Å². The number of fused-ring (bicyclic) bond motifs is 1. The van der Waals surface area contributed by atoms with Gasteiger partial charge in [-0.3, -0.25) is 4.98 Å². The summed E-state index contributed by atoms with van der Waals surface area (Å²) >= 11 is 6.10. The largest absolute Gasteiger partial charge is 0.422 e. The van der Waals surface area contributed by atoms with Crippen LogP contribution < -0.4 is 9.64 Å². The summed E-state index contributed by atoms with van der Waals surface area (Å²) in [6.45, 7) is 1.76. The average Bonchev–Trinajstić information content (AvgIpc) is 3.16. The number of pyridine rings is 1. The molecule has 1 fully saturated rings. The van der Waals surface area contributed by atoms with E-state index in [1.165, 1.54) is 6.20 Å². The molecule has 0 amide bonds. The molecule has 1 aliphatic heterocycles. The maximum atomic E-state index is 12.5. The third-order valence-electron chi connectivity index (χ3n) is 4.10. The highest BCUT2D eigenvalue weighted by molar-refractivity contribution is 6.33. The molecule has 0 aliphatic carbocycles. The third-order valence-corrected chi connectivity index (χ3v) is 4.38. The summed E-state index contributed by atoms with van der Waals surface area (Å²) in [5, 5.41) is 1.14. The van der Waals surface area contributed by atoms with Crippen molar-refractivity contribution in [3.8, 4) is 5.75 Å². The Hall–Kier alpha value is -2.73. The standard InChI is InChI=1S/C18H15ClN4O2/c19-14-11-21-18(23-8-1-2-9-23)22-16(14)17(24)25-13-6-5-12-4-3-7-20-15(12)10-13/h3-7,10-11H,1-2,8-9H2. The van der Waals surface area contributed by atoms with Crippen molar-refractivity contribution >= 4 is 34.4 Å². The quantitative estimate of drug-likeness (QED) is 0.529. The van der Waals surface area contributed by atoms with E-state index in [9.17, 15) is 4.79 Å². The zero-order valence-electron chi connectivity index (χ0n) is 13.4. The van der Waals surface area contributed by atoms with Gasteiger partial charge in [0.1, 0.15) is 5.75 Å². The highest BCUT2D eigenvalue weighted by atomic mass is 35.5. The van der Waals surface area contributed by atoms with Crippen molar-refractivity contribution < 1.29 is 9.53 Å². The first-order valence-electron chi connectivity index (χ1n) is 8.05. The summed E-state index contributed by atoms with van der Waals surface area (Å²) in [4.78, 5) is 27.3. The molecule has 1 aliphatic rings. The van der Waals surface area contributed by atoms with Gasteiger partial charge in [0.15, 0.2) is 5.69 Å². The van der Waals surface area contributed by atoms with Crippen molar-refractivity contribution in [1.29, 1.82) is 0 Å². The molecule has 0 radical (unpaired) electrons. The van der Waals surface area contributed by atoms with E-state index in [0.29, 0.717) is 11.7 Å². The van der Waals surface area contributed by atoms with Gasteiger partial charge in [0.25, 0.3) is 0 Å². The number of hydrogen-bond acceptors (Lipinski definition) is 6. The number of ether oxygens (including phenoxy) is 1. The Morgan fingerprint density at radius 2 is 2.00 bits per heavy atom. The van der Waals surface area contributed by atoms with Gasteiger partial charge in [-0.1, -0.05) is 17.7 Å². The van der Waals surface area contributed by atoms with Crippen molar-refractivity contribution in [2.75, 3.05) is 18.0 Å². The van der Waals surface area contributed by atoms with E-state index in [1.54, 1.807) is 18.3 Å². The molecule has 0 saturated carbocycles. The normalized spacial score (nSPS) is 14.0. The van der Waals surface area contributed by atoms with E-state index < -0.39 is 5.97 Å². The predicted molar refractivity (Wildman–Crippen MR) is 95.2 cm³/mol. The van der Waals surface area contributed by atoms with Crippen LogP contribution in [-0.4, -0.2) is 34.0 Å². The van der Waals surface area contributed by atoms with Crippen LogP contribution in [-0.2, 0) is 0 Å². The van der Waals surface area contributed by atoms with Crippen LogP contribution in [0.3, 0.4) is 0 Å². The van der Waals surface area contributed by atoms with Crippen LogP contribution >= 0.6 is 11.6 Å².